The number of nitrogens with zero attached hydrogens (tertiary/aromatic N) is 4. The zero-order valence-electron chi connectivity index (χ0n) is 42.8. The fourth-order valence-corrected chi connectivity index (χ4v) is 9.66. The number of rotatable bonds is 28. The standard InChI is InChI=1S/C56H74N6O9/c1-38(2)28-50(52(65)33-46(30-42-16-12-9-13-17-42)55(68)58-51(29-39(3)4)53(66)56(6)37-70-56)57-54(67)44(19-18-41-14-10-8-11-15-41)31-48(64)36-62(24-26-69-27-25-62)35-45-21-23-49(71-40(5)63)32-43(45)20-22-47-34-61(7)60-59-47/h8-17,21,23,32,34,38-39,44,46,50-51H,18-20,22,24-31,33,35-37H2,1-7H3,(H-,57,58,67,68)/p+1/t44-,46-,50+,51+,56-/m1/s1. The lowest BCUT2D eigenvalue weighted by atomic mass is 9.87. The van der Waals surface area contributed by atoms with Gasteiger partial charge in [-0.3, -0.25) is 33.4 Å². The van der Waals surface area contributed by atoms with Gasteiger partial charge in [-0.2, -0.15) is 0 Å². The maximum atomic E-state index is 14.7. The number of carbonyl (C=O) groups excluding carboxylic acids is 6. The highest BCUT2D eigenvalue weighted by Gasteiger charge is 2.50. The molecule has 6 rings (SSSR count). The Kier molecular flexibility index (Phi) is 19.5. The van der Waals surface area contributed by atoms with Gasteiger partial charge in [-0.05, 0) is 98.6 Å². The van der Waals surface area contributed by atoms with E-state index in [9.17, 15) is 28.8 Å². The Morgan fingerprint density at radius 2 is 1.39 bits per heavy atom. The van der Waals surface area contributed by atoms with E-state index in [2.05, 4.69) is 20.9 Å². The summed E-state index contributed by atoms with van der Waals surface area (Å²) in [6, 6.07) is 23.2. The zero-order valence-corrected chi connectivity index (χ0v) is 42.8. The Hall–Kier alpha value is -5.90. The van der Waals surface area contributed by atoms with Gasteiger partial charge in [0, 0.05) is 50.4 Å². The predicted octanol–water partition coefficient (Wildman–Crippen LogP) is 6.32. The average Bonchev–Trinajstić information content (AvgIpc) is 3.95. The molecule has 71 heavy (non-hydrogen) atoms. The van der Waals surface area contributed by atoms with Crippen molar-refractivity contribution in [2.45, 2.75) is 124 Å². The molecule has 2 aliphatic rings. The summed E-state index contributed by atoms with van der Waals surface area (Å²) in [4.78, 5) is 83.8. The molecule has 2 fully saturated rings. The molecular weight excluding hydrogens is 901 g/mol. The van der Waals surface area contributed by atoms with Crippen LogP contribution in [0.5, 0.6) is 5.75 Å². The summed E-state index contributed by atoms with van der Waals surface area (Å²) < 4.78 is 18.9. The molecule has 5 atom stereocenters. The van der Waals surface area contributed by atoms with Gasteiger partial charge in [0.05, 0.1) is 37.6 Å². The van der Waals surface area contributed by atoms with Crippen molar-refractivity contribution in [2.75, 3.05) is 39.5 Å². The van der Waals surface area contributed by atoms with E-state index in [-0.39, 0.29) is 60.9 Å². The van der Waals surface area contributed by atoms with Crippen LogP contribution in [0.1, 0.15) is 102 Å². The first-order valence-electron chi connectivity index (χ1n) is 25.4. The van der Waals surface area contributed by atoms with Crippen LogP contribution in [0.25, 0.3) is 0 Å². The number of esters is 1. The fourth-order valence-electron chi connectivity index (χ4n) is 9.66. The predicted molar refractivity (Wildman–Crippen MR) is 269 cm³/mol. The molecule has 0 aliphatic carbocycles. The summed E-state index contributed by atoms with van der Waals surface area (Å²) in [7, 11) is 1.82. The molecule has 0 radical (unpaired) electrons. The minimum Gasteiger partial charge on any atom is -0.427 e. The number of aryl methyl sites for hydroxylation is 4. The minimum atomic E-state index is -0.935. The van der Waals surface area contributed by atoms with Crippen LogP contribution >= 0.6 is 0 Å². The molecule has 0 saturated carbocycles. The number of carbonyl (C=O) groups is 6. The van der Waals surface area contributed by atoms with Crippen molar-refractivity contribution in [3.8, 4) is 5.75 Å². The second kappa shape index (κ2) is 25.5. The van der Waals surface area contributed by atoms with Crippen LogP contribution in [0.3, 0.4) is 0 Å². The van der Waals surface area contributed by atoms with Crippen LogP contribution in [0.4, 0.5) is 0 Å². The Balaban J connectivity index is 1.22. The third kappa shape index (κ3) is 16.9. The van der Waals surface area contributed by atoms with Crippen molar-refractivity contribution in [1.29, 1.82) is 0 Å². The SMILES string of the molecule is CC(=O)Oc1ccc(C[N+]2(CC(=O)C[C@@H](CCc3ccccc3)C(=O)N[C@@H](CC(C)C)C(=O)C[C@@H](Cc3ccccc3)C(=O)N[C@@H](CC(C)C)C(=O)[C@@]3(C)CO3)CCOCC2)c(CCc2cn(C)nn2)c1. The van der Waals surface area contributed by atoms with Crippen LogP contribution in [-0.2, 0) is 77.5 Å². The van der Waals surface area contributed by atoms with E-state index in [0.29, 0.717) is 88.2 Å². The maximum absolute atomic E-state index is 14.7. The van der Waals surface area contributed by atoms with E-state index in [4.69, 9.17) is 14.2 Å². The number of epoxide rings is 1. The molecule has 2 N–H and O–H groups in total. The highest BCUT2D eigenvalue weighted by Crippen LogP contribution is 2.31. The molecule has 3 heterocycles. The first-order valence-corrected chi connectivity index (χ1v) is 25.4. The fraction of sp³-hybridized carbons (Fsp3) is 0.536. The zero-order chi connectivity index (χ0) is 51.1. The van der Waals surface area contributed by atoms with Gasteiger partial charge in [0.25, 0.3) is 0 Å². The van der Waals surface area contributed by atoms with Gasteiger partial charge in [-0.15, -0.1) is 5.10 Å². The van der Waals surface area contributed by atoms with Gasteiger partial charge >= 0.3 is 5.97 Å². The van der Waals surface area contributed by atoms with E-state index >= 15 is 0 Å². The van der Waals surface area contributed by atoms with Crippen molar-refractivity contribution in [1.82, 2.24) is 25.6 Å². The molecule has 4 aromatic rings. The van der Waals surface area contributed by atoms with Crippen LogP contribution in [0, 0.1) is 23.7 Å². The lowest BCUT2D eigenvalue weighted by Crippen LogP contribution is -2.57. The molecule has 2 aliphatic heterocycles. The molecule has 1 aromatic heterocycles. The lowest BCUT2D eigenvalue weighted by Gasteiger charge is -2.41. The molecule has 382 valence electrons. The summed E-state index contributed by atoms with van der Waals surface area (Å²) in [5, 5.41) is 14.5. The number of hydrogen-bond donors (Lipinski definition) is 2. The van der Waals surface area contributed by atoms with Gasteiger partial charge in [0.2, 0.25) is 11.8 Å². The van der Waals surface area contributed by atoms with E-state index in [1.165, 1.54) is 6.92 Å². The Morgan fingerprint density at radius 1 is 0.775 bits per heavy atom. The molecule has 15 heteroatoms. The molecule has 2 amide bonds. The largest absolute Gasteiger partial charge is 0.427 e. The van der Waals surface area contributed by atoms with Gasteiger partial charge in [0.1, 0.15) is 37.5 Å². The van der Waals surface area contributed by atoms with Gasteiger partial charge in [0.15, 0.2) is 17.3 Å². The number of quaternary nitrogens is 1. The monoisotopic (exact) mass is 976 g/mol. The highest BCUT2D eigenvalue weighted by atomic mass is 16.6. The van der Waals surface area contributed by atoms with Gasteiger partial charge in [-0.1, -0.05) is 93.6 Å². The molecule has 0 bridgehead atoms. The number of hydrogen-bond acceptors (Lipinski definition) is 11. The van der Waals surface area contributed by atoms with E-state index in [0.717, 1.165) is 27.9 Å². The van der Waals surface area contributed by atoms with Crippen LogP contribution in [0.15, 0.2) is 85.1 Å². The number of nitrogens with one attached hydrogen (secondary N) is 2. The van der Waals surface area contributed by atoms with E-state index in [1.807, 2.05) is 114 Å². The quantitative estimate of drug-likeness (QED) is 0.0281. The molecular formula is C56H75N6O9+. The van der Waals surface area contributed by atoms with Crippen LogP contribution in [-0.4, -0.2) is 112 Å². The van der Waals surface area contributed by atoms with E-state index < -0.39 is 41.4 Å². The third-order valence-electron chi connectivity index (χ3n) is 13.6. The van der Waals surface area contributed by atoms with Crippen LogP contribution < -0.4 is 15.4 Å². The van der Waals surface area contributed by atoms with E-state index in [1.54, 1.807) is 17.7 Å². The normalized spacial score (nSPS) is 18.0. The lowest BCUT2D eigenvalue weighted by molar-refractivity contribution is -0.940. The average molecular weight is 976 g/mol. The number of ketones is 3. The van der Waals surface area contributed by atoms with Gasteiger partial charge < -0.3 is 29.3 Å². The summed E-state index contributed by atoms with van der Waals surface area (Å²) in [6.07, 6.45) is 4.85. The Morgan fingerprint density at radius 3 is 2.00 bits per heavy atom. The van der Waals surface area contributed by atoms with Crippen molar-refractivity contribution < 1.29 is 47.5 Å². The Bertz CT molecular complexity index is 2430. The molecule has 15 nitrogen and oxygen atoms in total. The van der Waals surface area contributed by atoms with Crippen molar-refractivity contribution in [3.05, 3.63) is 113 Å². The smallest absolute Gasteiger partial charge is 0.308 e. The number of morpholine rings is 1. The number of amides is 2. The van der Waals surface area contributed by atoms with Crippen LogP contribution in [0.2, 0.25) is 0 Å². The second-order valence-electron chi connectivity index (χ2n) is 20.9. The number of benzene rings is 3. The summed E-state index contributed by atoms with van der Waals surface area (Å²) in [5.41, 5.74) is 3.78. The van der Waals surface area contributed by atoms with Crippen molar-refractivity contribution >= 4 is 35.1 Å². The topological polar surface area (TPSA) is 188 Å². The second-order valence-corrected chi connectivity index (χ2v) is 20.9. The summed E-state index contributed by atoms with van der Waals surface area (Å²) >= 11 is 0. The number of Topliss-reactive ketones (excluding diaryl/α,β-unsaturated/α-hetero) is 3. The molecule has 2 saturated heterocycles. The summed E-state index contributed by atoms with van der Waals surface area (Å²) in [5.74, 6) is -2.72. The molecule has 3 aromatic carbocycles. The minimum absolute atomic E-state index is 0.0154. The summed E-state index contributed by atoms with van der Waals surface area (Å²) in [6.45, 7) is 14.2. The number of ether oxygens (including phenoxy) is 3. The van der Waals surface area contributed by atoms with Crippen molar-refractivity contribution in [3.63, 3.8) is 0 Å². The Labute approximate surface area is 419 Å². The first-order chi connectivity index (χ1) is 33.9. The maximum Gasteiger partial charge on any atom is 0.308 e. The molecule has 0 spiro atoms. The third-order valence-corrected chi connectivity index (χ3v) is 13.6. The van der Waals surface area contributed by atoms with Gasteiger partial charge in [-0.25, -0.2) is 0 Å². The first kappa shape index (κ1) is 54.4. The highest BCUT2D eigenvalue weighted by molar-refractivity contribution is 5.98. The van der Waals surface area contributed by atoms with Crippen molar-refractivity contribution in [2.24, 2.45) is 30.7 Å². The number of aromatic nitrogens is 3. The molecule has 0 unspecified atom stereocenters.